The molecule has 2 atom stereocenters. The van der Waals surface area contributed by atoms with Crippen LogP contribution in [-0.4, -0.2) is 50.8 Å². The minimum Gasteiger partial charge on any atom is -0.329 e. The van der Waals surface area contributed by atoms with Gasteiger partial charge in [-0.2, -0.15) is 0 Å². The number of piperidine rings is 1. The van der Waals surface area contributed by atoms with Crippen molar-refractivity contribution in [2.75, 3.05) is 27.2 Å². The van der Waals surface area contributed by atoms with E-state index in [2.05, 4.69) is 11.8 Å². The molecule has 0 amide bonds. The fraction of sp³-hybridized carbons (Fsp3) is 0.625. The Morgan fingerprint density at radius 1 is 1.35 bits per heavy atom. The molecule has 0 saturated carbocycles. The number of rotatable bonds is 5. The number of sulfonamides is 1. The summed E-state index contributed by atoms with van der Waals surface area (Å²) in [7, 11) is -0.271. The van der Waals surface area contributed by atoms with E-state index in [1.165, 1.54) is 17.1 Å². The van der Waals surface area contributed by atoms with Crippen LogP contribution in [0.15, 0.2) is 29.2 Å². The third-order valence-electron chi connectivity index (χ3n) is 4.53. The highest BCUT2D eigenvalue weighted by Gasteiger charge is 2.27. The minimum absolute atomic E-state index is 0. The van der Waals surface area contributed by atoms with Gasteiger partial charge in [0.1, 0.15) is 0 Å². The van der Waals surface area contributed by atoms with Gasteiger partial charge in [0.25, 0.3) is 0 Å². The average molecular weight is 362 g/mol. The molecule has 1 aromatic rings. The number of nitrogens with two attached hydrogens (primary N) is 1. The molecule has 2 unspecified atom stereocenters. The Labute approximate surface area is 146 Å². The van der Waals surface area contributed by atoms with E-state index < -0.39 is 10.0 Å². The predicted octanol–water partition coefficient (Wildman–Crippen LogP) is 1.92. The highest BCUT2D eigenvalue weighted by molar-refractivity contribution is 7.89. The first-order valence-corrected chi connectivity index (χ1v) is 9.26. The van der Waals surface area contributed by atoms with Gasteiger partial charge in [0.15, 0.2) is 0 Å². The Balaban J connectivity index is 0.00000264. The molecule has 23 heavy (non-hydrogen) atoms. The summed E-state index contributed by atoms with van der Waals surface area (Å²) in [6.45, 7) is 4.67. The summed E-state index contributed by atoms with van der Waals surface area (Å²) in [5.74, 6) is 0.590. The number of likely N-dealkylation sites (tertiary alicyclic amines) is 1. The zero-order chi connectivity index (χ0) is 16.3. The monoisotopic (exact) mass is 361 g/mol. The van der Waals surface area contributed by atoms with Crippen LogP contribution in [0.1, 0.15) is 25.3 Å². The molecule has 1 aliphatic rings. The zero-order valence-corrected chi connectivity index (χ0v) is 15.7. The van der Waals surface area contributed by atoms with Gasteiger partial charge < -0.3 is 5.73 Å². The van der Waals surface area contributed by atoms with Crippen molar-refractivity contribution in [2.24, 2.45) is 11.7 Å². The van der Waals surface area contributed by atoms with Gasteiger partial charge in [-0.05, 0) is 43.0 Å². The summed E-state index contributed by atoms with van der Waals surface area (Å²) in [4.78, 5) is 2.74. The second-order valence-electron chi connectivity index (χ2n) is 6.33. The first-order chi connectivity index (χ1) is 10.4. The molecule has 1 aliphatic heterocycles. The summed E-state index contributed by atoms with van der Waals surface area (Å²) < 4.78 is 25.7. The van der Waals surface area contributed by atoms with Crippen molar-refractivity contribution in [3.63, 3.8) is 0 Å². The second kappa shape index (κ2) is 8.44. The normalized spacial score (nSPS) is 22.8. The van der Waals surface area contributed by atoms with E-state index in [1.807, 2.05) is 12.1 Å². The van der Waals surface area contributed by atoms with Crippen LogP contribution in [0.2, 0.25) is 0 Å². The lowest BCUT2D eigenvalue weighted by atomic mass is 9.90. The zero-order valence-electron chi connectivity index (χ0n) is 14.1. The van der Waals surface area contributed by atoms with E-state index >= 15 is 0 Å². The van der Waals surface area contributed by atoms with Gasteiger partial charge in [0.2, 0.25) is 10.0 Å². The van der Waals surface area contributed by atoms with Gasteiger partial charge in [-0.15, -0.1) is 12.4 Å². The second-order valence-corrected chi connectivity index (χ2v) is 8.48. The maximum absolute atomic E-state index is 12.2. The first-order valence-electron chi connectivity index (χ1n) is 7.82. The van der Waals surface area contributed by atoms with Crippen LogP contribution in [0.25, 0.3) is 0 Å². The van der Waals surface area contributed by atoms with Crippen LogP contribution in [0, 0.1) is 5.92 Å². The Morgan fingerprint density at radius 3 is 2.65 bits per heavy atom. The summed E-state index contributed by atoms with van der Waals surface area (Å²) >= 11 is 0. The smallest absolute Gasteiger partial charge is 0.242 e. The molecular weight excluding hydrogens is 334 g/mol. The average Bonchev–Trinajstić information content (AvgIpc) is 2.47. The van der Waals surface area contributed by atoms with E-state index in [9.17, 15) is 8.42 Å². The molecule has 7 heteroatoms. The lowest BCUT2D eigenvalue weighted by molar-refractivity contribution is 0.0990. The molecule has 132 valence electrons. The highest BCUT2D eigenvalue weighted by Crippen LogP contribution is 2.25. The van der Waals surface area contributed by atoms with E-state index in [1.54, 1.807) is 26.2 Å². The van der Waals surface area contributed by atoms with Crippen molar-refractivity contribution >= 4 is 22.4 Å². The maximum Gasteiger partial charge on any atom is 0.242 e. The van der Waals surface area contributed by atoms with Crippen LogP contribution in [0.5, 0.6) is 0 Å². The van der Waals surface area contributed by atoms with Gasteiger partial charge in [0.05, 0.1) is 4.90 Å². The molecule has 2 rings (SSSR count). The third-order valence-corrected chi connectivity index (χ3v) is 6.35. The summed E-state index contributed by atoms with van der Waals surface area (Å²) in [5.41, 5.74) is 6.96. The van der Waals surface area contributed by atoms with Gasteiger partial charge in [-0.25, -0.2) is 12.7 Å². The number of hydrogen-bond acceptors (Lipinski definition) is 4. The predicted molar refractivity (Wildman–Crippen MR) is 96.2 cm³/mol. The maximum atomic E-state index is 12.2. The topological polar surface area (TPSA) is 66.6 Å². The number of halogens is 1. The number of hydrogen-bond donors (Lipinski definition) is 1. The Hall–Kier alpha value is -0.660. The van der Waals surface area contributed by atoms with Crippen molar-refractivity contribution in [3.05, 3.63) is 29.8 Å². The molecule has 0 bridgehead atoms. The highest BCUT2D eigenvalue weighted by atomic mass is 35.5. The van der Waals surface area contributed by atoms with Gasteiger partial charge in [-0.1, -0.05) is 19.1 Å². The molecule has 1 aromatic carbocycles. The molecule has 0 aliphatic carbocycles. The third kappa shape index (κ3) is 4.67. The SMILES string of the molecule is CC1CCCN(Cc2cccc(S(=O)(=O)N(C)C)c2)C1CN.Cl. The molecular formula is C16H28ClN3O2S. The molecule has 0 spiro atoms. The van der Waals surface area contributed by atoms with E-state index in [0.717, 1.165) is 18.7 Å². The van der Waals surface area contributed by atoms with Gasteiger partial charge >= 0.3 is 0 Å². The Kier molecular flexibility index (Phi) is 7.48. The van der Waals surface area contributed by atoms with Crippen LogP contribution < -0.4 is 5.73 Å². The molecule has 1 fully saturated rings. The minimum atomic E-state index is -3.38. The number of nitrogens with zero attached hydrogens (tertiary/aromatic N) is 2. The quantitative estimate of drug-likeness (QED) is 0.870. The van der Waals surface area contributed by atoms with Crippen LogP contribution in [0.3, 0.4) is 0 Å². The van der Waals surface area contributed by atoms with Crippen molar-refractivity contribution in [1.82, 2.24) is 9.21 Å². The Morgan fingerprint density at radius 2 is 2.04 bits per heavy atom. The molecule has 1 saturated heterocycles. The lowest BCUT2D eigenvalue weighted by Gasteiger charge is -2.39. The van der Waals surface area contributed by atoms with Gasteiger partial charge in [0, 0.05) is 33.2 Å². The Bertz CT molecular complexity index is 607. The van der Waals surface area contributed by atoms with E-state index in [-0.39, 0.29) is 12.4 Å². The lowest BCUT2D eigenvalue weighted by Crippen LogP contribution is -2.48. The summed E-state index contributed by atoms with van der Waals surface area (Å²) in [6.07, 6.45) is 2.39. The fourth-order valence-corrected chi connectivity index (χ4v) is 4.13. The van der Waals surface area contributed by atoms with Crippen LogP contribution in [-0.2, 0) is 16.6 Å². The van der Waals surface area contributed by atoms with Crippen molar-refractivity contribution in [2.45, 2.75) is 37.2 Å². The largest absolute Gasteiger partial charge is 0.329 e. The van der Waals surface area contributed by atoms with Crippen molar-refractivity contribution in [3.8, 4) is 0 Å². The molecule has 0 radical (unpaired) electrons. The first kappa shape index (κ1) is 20.4. The fourth-order valence-electron chi connectivity index (χ4n) is 3.16. The van der Waals surface area contributed by atoms with E-state index in [0.29, 0.717) is 23.4 Å². The van der Waals surface area contributed by atoms with Crippen LogP contribution in [0.4, 0.5) is 0 Å². The van der Waals surface area contributed by atoms with Crippen LogP contribution >= 0.6 is 12.4 Å². The summed E-state index contributed by atoms with van der Waals surface area (Å²) in [5, 5.41) is 0. The molecule has 2 N–H and O–H groups in total. The molecule has 0 aromatic heterocycles. The summed E-state index contributed by atoms with van der Waals surface area (Å²) in [6, 6.07) is 7.61. The van der Waals surface area contributed by atoms with Crippen molar-refractivity contribution < 1.29 is 8.42 Å². The molecule has 5 nitrogen and oxygen atoms in total. The number of benzene rings is 1. The standard InChI is InChI=1S/C16H27N3O2S.ClH/c1-13-6-5-9-19(16(13)11-17)12-14-7-4-8-15(10-14)22(20,21)18(2)3;/h4,7-8,10,13,16H,5-6,9,11-12,17H2,1-3H3;1H. The van der Waals surface area contributed by atoms with Gasteiger partial charge in [-0.3, -0.25) is 4.90 Å². The van der Waals surface area contributed by atoms with E-state index in [4.69, 9.17) is 5.73 Å². The van der Waals surface area contributed by atoms with Crippen molar-refractivity contribution in [1.29, 1.82) is 0 Å². The molecule has 1 heterocycles.